The van der Waals surface area contributed by atoms with E-state index in [0.717, 1.165) is 0 Å². The minimum atomic E-state index is -0.636. The molecule has 0 aromatic carbocycles. The largest absolute Gasteiger partial charge is 0.459 e. The van der Waals surface area contributed by atoms with Crippen LogP contribution < -0.4 is 0 Å². The number of esters is 4. The summed E-state index contributed by atoms with van der Waals surface area (Å²) in [5.74, 6) is -1.95. The van der Waals surface area contributed by atoms with E-state index in [4.69, 9.17) is 18.9 Å². The molecule has 8 heteroatoms. The maximum atomic E-state index is 11.3. The van der Waals surface area contributed by atoms with Gasteiger partial charge < -0.3 is 18.9 Å². The first-order chi connectivity index (χ1) is 11.2. The monoisotopic (exact) mass is 344 g/mol. The molecule has 0 radical (unpaired) electrons. The zero-order valence-electron chi connectivity index (χ0n) is 14.4. The van der Waals surface area contributed by atoms with Gasteiger partial charge in [-0.05, 0) is 25.7 Å². The highest BCUT2D eigenvalue weighted by molar-refractivity contribution is 5.68. The lowest BCUT2D eigenvalue weighted by molar-refractivity contribution is -0.178. The Bertz CT molecular complexity index is 398. The third-order valence-corrected chi connectivity index (χ3v) is 3.57. The van der Waals surface area contributed by atoms with Gasteiger partial charge >= 0.3 is 23.9 Å². The van der Waals surface area contributed by atoms with E-state index in [1.807, 2.05) is 0 Å². The quantitative estimate of drug-likeness (QED) is 0.555. The van der Waals surface area contributed by atoms with Crippen LogP contribution in [-0.2, 0) is 38.1 Å². The molecular weight excluding hydrogens is 320 g/mol. The SMILES string of the molecule is CC(=O)O[C@H]1CC[C@@H](OC(C)=O)[C@@H](OC(C)=O)CC[C@H]1OC(C)=O. The molecule has 1 saturated carbocycles. The van der Waals surface area contributed by atoms with Gasteiger partial charge in [0.2, 0.25) is 0 Å². The van der Waals surface area contributed by atoms with Gasteiger partial charge in [0.15, 0.2) is 0 Å². The average molecular weight is 344 g/mol. The minimum Gasteiger partial charge on any atom is -0.459 e. The second-order valence-corrected chi connectivity index (χ2v) is 5.75. The molecule has 0 aromatic heterocycles. The van der Waals surface area contributed by atoms with Crippen molar-refractivity contribution < 1.29 is 38.1 Å². The summed E-state index contributed by atoms with van der Waals surface area (Å²) in [4.78, 5) is 45.2. The number of rotatable bonds is 4. The van der Waals surface area contributed by atoms with Gasteiger partial charge in [-0.1, -0.05) is 0 Å². The topological polar surface area (TPSA) is 105 Å². The van der Waals surface area contributed by atoms with Crippen LogP contribution in [0.15, 0.2) is 0 Å². The molecule has 0 bridgehead atoms. The summed E-state index contributed by atoms with van der Waals surface area (Å²) in [7, 11) is 0. The number of ether oxygens (including phenoxy) is 4. The molecule has 136 valence electrons. The van der Waals surface area contributed by atoms with Gasteiger partial charge in [-0.3, -0.25) is 19.2 Å². The smallest absolute Gasteiger partial charge is 0.303 e. The third-order valence-electron chi connectivity index (χ3n) is 3.57. The Kier molecular flexibility index (Phi) is 7.67. The van der Waals surface area contributed by atoms with E-state index in [0.29, 0.717) is 25.7 Å². The number of hydrogen-bond donors (Lipinski definition) is 0. The Balaban J connectivity index is 2.93. The Morgan fingerprint density at radius 3 is 0.792 bits per heavy atom. The number of hydrogen-bond acceptors (Lipinski definition) is 8. The minimum absolute atomic E-state index is 0.313. The van der Waals surface area contributed by atoms with E-state index >= 15 is 0 Å². The lowest BCUT2D eigenvalue weighted by Gasteiger charge is -2.34. The van der Waals surface area contributed by atoms with E-state index in [2.05, 4.69) is 0 Å². The van der Waals surface area contributed by atoms with Gasteiger partial charge in [-0.15, -0.1) is 0 Å². The van der Waals surface area contributed by atoms with Crippen molar-refractivity contribution in [2.24, 2.45) is 0 Å². The summed E-state index contributed by atoms with van der Waals surface area (Å²) >= 11 is 0. The molecule has 0 aromatic rings. The molecule has 8 nitrogen and oxygen atoms in total. The molecule has 0 amide bonds. The molecule has 0 heterocycles. The van der Waals surface area contributed by atoms with Crippen LogP contribution >= 0.6 is 0 Å². The van der Waals surface area contributed by atoms with Crippen molar-refractivity contribution in [2.75, 3.05) is 0 Å². The van der Waals surface area contributed by atoms with Crippen molar-refractivity contribution in [3.63, 3.8) is 0 Å². The first-order valence-electron chi connectivity index (χ1n) is 7.88. The maximum Gasteiger partial charge on any atom is 0.303 e. The summed E-state index contributed by atoms with van der Waals surface area (Å²) in [5.41, 5.74) is 0. The Labute approximate surface area is 140 Å². The summed E-state index contributed by atoms with van der Waals surface area (Å²) in [6.07, 6.45) is -1.29. The van der Waals surface area contributed by atoms with E-state index in [1.165, 1.54) is 27.7 Å². The highest BCUT2D eigenvalue weighted by Crippen LogP contribution is 2.27. The van der Waals surface area contributed by atoms with Crippen LogP contribution in [0.5, 0.6) is 0 Å². The molecule has 0 aliphatic heterocycles. The van der Waals surface area contributed by atoms with Crippen molar-refractivity contribution in [3.05, 3.63) is 0 Å². The molecule has 0 N–H and O–H groups in total. The Morgan fingerprint density at radius 1 is 0.500 bits per heavy atom. The highest BCUT2D eigenvalue weighted by Gasteiger charge is 2.36. The molecule has 4 atom stereocenters. The van der Waals surface area contributed by atoms with E-state index < -0.39 is 48.3 Å². The molecule has 1 aliphatic rings. The van der Waals surface area contributed by atoms with E-state index in [-0.39, 0.29) is 0 Å². The van der Waals surface area contributed by atoms with E-state index in [9.17, 15) is 19.2 Å². The first-order valence-corrected chi connectivity index (χ1v) is 7.88. The van der Waals surface area contributed by atoms with Crippen LogP contribution in [-0.4, -0.2) is 48.3 Å². The van der Waals surface area contributed by atoms with Crippen LogP contribution in [0.4, 0.5) is 0 Å². The van der Waals surface area contributed by atoms with Gasteiger partial charge in [0.1, 0.15) is 24.4 Å². The molecule has 1 aliphatic carbocycles. The normalized spacial score (nSPS) is 27.2. The van der Waals surface area contributed by atoms with Crippen LogP contribution in [0.2, 0.25) is 0 Å². The molecule has 0 saturated heterocycles. The van der Waals surface area contributed by atoms with Crippen molar-refractivity contribution in [1.82, 2.24) is 0 Å². The summed E-state index contributed by atoms with van der Waals surface area (Å²) in [6, 6.07) is 0. The fourth-order valence-electron chi connectivity index (χ4n) is 2.79. The maximum absolute atomic E-state index is 11.3. The molecule has 1 rings (SSSR count). The summed E-state index contributed by atoms with van der Waals surface area (Å²) < 4.78 is 21.0. The fraction of sp³-hybridized carbons (Fsp3) is 0.750. The average Bonchev–Trinajstić information content (AvgIpc) is 2.42. The zero-order valence-corrected chi connectivity index (χ0v) is 14.4. The number of carbonyl (C=O) groups excluding carboxylic acids is 4. The zero-order chi connectivity index (χ0) is 18.3. The molecular formula is C16H24O8. The predicted molar refractivity (Wildman–Crippen MR) is 80.7 cm³/mol. The fourth-order valence-corrected chi connectivity index (χ4v) is 2.79. The summed E-state index contributed by atoms with van der Waals surface area (Å²) in [6.45, 7) is 5.09. The standard InChI is InChI=1S/C16H24O8/c1-9(17)21-13-5-6-15(23-11(3)19)16(24-12(4)20)8-7-14(13)22-10(2)18/h13-16H,5-8H2,1-4H3/t13-,14+,15+,16-. The van der Waals surface area contributed by atoms with Gasteiger partial charge in [-0.25, -0.2) is 0 Å². The van der Waals surface area contributed by atoms with Crippen LogP contribution in [0, 0.1) is 0 Å². The number of carbonyl (C=O) groups is 4. The molecule has 24 heavy (non-hydrogen) atoms. The Hall–Kier alpha value is -2.12. The lowest BCUT2D eigenvalue weighted by Crippen LogP contribution is -2.43. The van der Waals surface area contributed by atoms with Gasteiger partial charge in [0.25, 0.3) is 0 Å². The van der Waals surface area contributed by atoms with Gasteiger partial charge in [0, 0.05) is 27.7 Å². The predicted octanol–water partition coefficient (Wildman–Crippen LogP) is 1.29. The third kappa shape index (κ3) is 6.97. The van der Waals surface area contributed by atoms with Crippen molar-refractivity contribution in [3.8, 4) is 0 Å². The highest BCUT2D eigenvalue weighted by atomic mass is 16.6. The first kappa shape index (κ1) is 19.9. The lowest BCUT2D eigenvalue weighted by atomic mass is 9.92. The van der Waals surface area contributed by atoms with Crippen LogP contribution in [0.3, 0.4) is 0 Å². The second kappa shape index (κ2) is 9.24. The van der Waals surface area contributed by atoms with Crippen molar-refractivity contribution in [1.29, 1.82) is 0 Å². The summed E-state index contributed by atoms with van der Waals surface area (Å²) in [5, 5.41) is 0. The van der Waals surface area contributed by atoms with Crippen LogP contribution in [0.25, 0.3) is 0 Å². The molecule has 0 unspecified atom stereocenters. The molecule has 1 fully saturated rings. The molecule has 0 spiro atoms. The van der Waals surface area contributed by atoms with Gasteiger partial charge in [0.05, 0.1) is 0 Å². The van der Waals surface area contributed by atoms with Gasteiger partial charge in [-0.2, -0.15) is 0 Å². The Morgan fingerprint density at radius 2 is 0.667 bits per heavy atom. The van der Waals surface area contributed by atoms with Crippen molar-refractivity contribution in [2.45, 2.75) is 77.8 Å². The van der Waals surface area contributed by atoms with E-state index in [1.54, 1.807) is 0 Å². The van der Waals surface area contributed by atoms with Crippen LogP contribution in [0.1, 0.15) is 53.4 Å². The van der Waals surface area contributed by atoms with Crippen molar-refractivity contribution >= 4 is 23.9 Å². The second-order valence-electron chi connectivity index (χ2n) is 5.75.